The van der Waals surface area contributed by atoms with Crippen LogP contribution in [0.5, 0.6) is 0 Å². The van der Waals surface area contributed by atoms with Crippen molar-refractivity contribution in [3.05, 3.63) is 0 Å². The van der Waals surface area contributed by atoms with Gasteiger partial charge in [0.2, 0.25) is 0 Å². The number of rotatable bonds is 4. The first-order valence-corrected chi connectivity index (χ1v) is 5.32. The van der Waals surface area contributed by atoms with E-state index < -0.39 is 6.16 Å². The fraction of sp³-hybridized carbons (Fsp3) is 0.818. The van der Waals surface area contributed by atoms with Crippen LogP contribution in [0, 0.1) is 17.3 Å². The Hall–Kier alpha value is -1.26. The van der Waals surface area contributed by atoms with Crippen molar-refractivity contribution in [2.75, 3.05) is 20.3 Å². The van der Waals surface area contributed by atoms with Crippen LogP contribution in [-0.2, 0) is 19.0 Å². The third-order valence-electron chi connectivity index (χ3n) is 3.14. The van der Waals surface area contributed by atoms with Crippen molar-refractivity contribution in [2.45, 2.75) is 20.8 Å². The monoisotopic (exact) mass is 230 g/mol. The first kappa shape index (κ1) is 12.8. The highest BCUT2D eigenvalue weighted by atomic mass is 16.7. The first-order valence-electron chi connectivity index (χ1n) is 5.32. The van der Waals surface area contributed by atoms with Crippen LogP contribution in [0.15, 0.2) is 0 Å². The smallest absolute Gasteiger partial charge is 0.466 e. The van der Waals surface area contributed by atoms with Crippen LogP contribution in [0.4, 0.5) is 4.79 Å². The third-order valence-corrected chi connectivity index (χ3v) is 3.14. The fourth-order valence-corrected chi connectivity index (χ4v) is 1.97. The van der Waals surface area contributed by atoms with Crippen LogP contribution in [-0.4, -0.2) is 32.4 Å². The summed E-state index contributed by atoms with van der Waals surface area (Å²) in [5.74, 6) is -0.381. The molecule has 92 valence electrons. The predicted octanol–water partition coefficient (Wildman–Crippen LogP) is 1.60. The van der Waals surface area contributed by atoms with Gasteiger partial charge in [-0.2, -0.15) is 0 Å². The van der Waals surface area contributed by atoms with Gasteiger partial charge in [0, 0.05) is 5.92 Å². The highest BCUT2D eigenvalue weighted by molar-refractivity contribution is 5.77. The van der Waals surface area contributed by atoms with Gasteiger partial charge in [0.05, 0.1) is 26.2 Å². The average molecular weight is 230 g/mol. The Morgan fingerprint density at radius 1 is 1.25 bits per heavy atom. The van der Waals surface area contributed by atoms with E-state index in [1.54, 1.807) is 6.92 Å². The largest absolute Gasteiger partial charge is 0.507 e. The maximum Gasteiger partial charge on any atom is 0.507 e. The second-order valence-corrected chi connectivity index (χ2v) is 4.42. The van der Waals surface area contributed by atoms with E-state index >= 15 is 0 Å². The number of ether oxygens (including phenoxy) is 3. The van der Waals surface area contributed by atoms with Crippen LogP contribution in [0.1, 0.15) is 20.8 Å². The number of methoxy groups -OCH3 is 1. The van der Waals surface area contributed by atoms with Crippen molar-refractivity contribution in [1.29, 1.82) is 0 Å². The maximum absolute atomic E-state index is 11.6. The van der Waals surface area contributed by atoms with Crippen molar-refractivity contribution >= 4 is 12.1 Å². The van der Waals surface area contributed by atoms with E-state index in [1.807, 2.05) is 13.8 Å². The van der Waals surface area contributed by atoms with Gasteiger partial charge in [0.15, 0.2) is 0 Å². The van der Waals surface area contributed by atoms with Crippen molar-refractivity contribution in [2.24, 2.45) is 17.3 Å². The summed E-state index contributed by atoms with van der Waals surface area (Å²) in [5, 5.41) is 0. The molecule has 16 heavy (non-hydrogen) atoms. The number of carbonyl (C=O) groups is 2. The Morgan fingerprint density at radius 2 is 1.88 bits per heavy atom. The molecule has 0 radical (unpaired) electrons. The highest BCUT2D eigenvalue weighted by Crippen LogP contribution is 2.58. The van der Waals surface area contributed by atoms with Crippen LogP contribution >= 0.6 is 0 Å². The molecule has 5 heteroatoms. The van der Waals surface area contributed by atoms with E-state index in [4.69, 9.17) is 9.47 Å². The Balaban J connectivity index is 2.44. The quantitative estimate of drug-likeness (QED) is 0.686. The van der Waals surface area contributed by atoms with Gasteiger partial charge in [-0.1, -0.05) is 13.8 Å². The van der Waals surface area contributed by atoms with Crippen LogP contribution in [0.2, 0.25) is 0 Å². The summed E-state index contributed by atoms with van der Waals surface area (Å²) in [4.78, 5) is 22.3. The lowest BCUT2D eigenvalue weighted by molar-refractivity contribution is -0.145. The molecule has 0 aromatic carbocycles. The van der Waals surface area contributed by atoms with E-state index in [2.05, 4.69) is 4.74 Å². The minimum atomic E-state index is -0.717. The molecular formula is C11H18O5. The van der Waals surface area contributed by atoms with Crippen molar-refractivity contribution in [3.8, 4) is 0 Å². The molecule has 5 nitrogen and oxygen atoms in total. The Morgan fingerprint density at radius 3 is 2.38 bits per heavy atom. The van der Waals surface area contributed by atoms with Crippen molar-refractivity contribution < 1.29 is 23.8 Å². The minimum Gasteiger partial charge on any atom is -0.466 e. The molecule has 0 aromatic rings. The van der Waals surface area contributed by atoms with E-state index in [-0.39, 0.29) is 29.8 Å². The summed E-state index contributed by atoms with van der Waals surface area (Å²) in [5.41, 5.74) is -0.166. The molecule has 1 fully saturated rings. The molecule has 1 saturated carbocycles. The molecule has 0 bridgehead atoms. The Bertz CT molecular complexity index is 284. The molecule has 1 aliphatic rings. The molecule has 0 aliphatic heterocycles. The second kappa shape index (κ2) is 4.72. The molecule has 2 atom stereocenters. The molecule has 0 N–H and O–H groups in total. The molecule has 1 rings (SSSR count). The van der Waals surface area contributed by atoms with Gasteiger partial charge in [-0.3, -0.25) is 4.79 Å². The summed E-state index contributed by atoms with van der Waals surface area (Å²) >= 11 is 0. The van der Waals surface area contributed by atoms with Gasteiger partial charge in [-0.25, -0.2) is 4.79 Å². The SMILES string of the molecule is CCOC(=O)C1C(COC(=O)OC)C1(C)C. The molecule has 0 amide bonds. The fourth-order valence-electron chi connectivity index (χ4n) is 1.97. The maximum atomic E-state index is 11.6. The summed E-state index contributed by atoms with van der Waals surface area (Å²) < 4.78 is 14.2. The minimum absolute atomic E-state index is 0.0191. The molecular weight excluding hydrogens is 212 g/mol. The van der Waals surface area contributed by atoms with E-state index in [9.17, 15) is 9.59 Å². The zero-order valence-corrected chi connectivity index (χ0v) is 10.1. The van der Waals surface area contributed by atoms with Crippen LogP contribution < -0.4 is 0 Å². The topological polar surface area (TPSA) is 61.8 Å². The third kappa shape index (κ3) is 2.46. The number of carbonyl (C=O) groups excluding carboxylic acids is 2. The van der Waals surface area contributed by atoms with Gasteiger partial charge < -0.3 is 14.2 Å². The van der Waals surface area contributed by atoms with Crippen LogP contribution in [0.25, 0.3) is 0 Å². The molecule has 0 saturated heterocycles. The number of hydrogen-bond acceptors (Lipinski definition) is 5. The molecule has 0 spiro atoms. The second-order valence-electron chi connectivity index (χ2n) is 4.42. The normalized spacial score (nSPS) is 25.8. The highest BCUT2D eigenvalue weighted by Gasteiger charge is 2.63. The van der Waals surface area contributed by atoms with Crippen molar-refractivity contribution in [1.82, 2.24) is 0 Å². The molecule has 0 heterocycles. The molecule has 2 unspecified atom stereocenters. The Labute approximate surface area is 95.0 Å². The lowest BCUT2D eigenvalue weighted by atomic mass is 10.1. The standard InChI is InChI=1S/C11H18O5/c1-5-15-9(12)8-7(11(8,2)3)6-16-10(13)14-4/h7-8H,5-6H2,1-4H3. The van der Waals surface area contributed by atoms with Gasteiger partial charge >= 0.3 is 12.1 Å². The van der Waals surface area contributed by atoms with E-state index in [0.29, 0.717) is 6.61 Å². The summed E-state index contributed by atoms with van der Waals surface area (Å²) in [7, 11) is 1.25. The first-order chi connectivity index (χ1) is 7.45. The average Bonchev–Trinajstić information content (AvgIpc) is 2.77. The predicted molar refractivity (Wildman–Crippen MR) is 55.8 cm³/mol. The van der Waals surface area contributed by atoms with E-state index in [1.165, 1.54) is 7.11 Å². The zero-order chi connectivity index (χ0) is 12.3. The molecule has 0 aromatic heterocycles. The van der Waals surface area contributed by atoms with Gasteiger partial charge in [0.1, 0.15) is 0 Å². The summed E-state index contributed by atoms with van der Waals surface area (Å²) in [6.07, 6.45) is -0.717. The zero-order valence-electron chi connectivity index (χ0n) is 10.1. The molecule has 1 aliphatic carbocycles. The lowest BCUT2D eigenvalue weighted by Crippen LogP contribution is -2.12. The summed E-state index contributed by atoms with van der Waals surface area (Å²) in [6.45, 7) is 6.26. The number of hydrogen-bond donors (Lipinski definition) is 0. The Kier molecular flexibility index (Phi) is 3.78. The van der Waals surface area contributed by atoms with Gasteiger partial charge in [0.25, 0.3) is 0 Å². The van der Waals surface area contributed by atoms with Gasteiger partial charge in [-0.15, -0.1) is 0 Å². The van der Waals surface area contributed by atoms with E-state index in [0.717, 1.165) is 0 Å². The van der Waals surface area contributed by atoms with Crippen LogP contribution in [0.3, 0.4) is 0 Å². The number of esters is 1. The van der Waals surface area contributed by atoms with Gasteiger partial charge in [-0.05, 0) is 12.3 Å². The lowest BCUT2D eigenvalue weighted by Gasteiger charge is -2.03. The summed E-state index contributed by atoms with van der Waals surface area (Å²) in [6, 6.07) is 0. The van der Waals surface area contributed by atoms with Crippen molar-refractivity contribution in [3.63, 3.8) is 0 Å².